The summed E-state index contributed by atoms with van der Waals surface area (Å²) >= 11 is 0. The number of primary amides is 1. The Balaban J connectivity index is 1.71. The van der Waals surface area contributed by atoms with E-state index in [2.05, 4.69) is 0 Å². The SMILES string of the molecule is NC(=O)C1CCN(C(=O)C2(c3ccc(N)cc3)CC2)CC1. The summed E-state index contributed by atoms with van der Waals surface area (Å²) in [6.07, 6.45) is 3.15. The molecule has 2 fully saturated rings. The molecule has 2 aliphatic rings. The maximum Gasteiger partial charge on any atom is 0.233 e. The topological polar surface area (TPSA) is 89.4 Å². The smallest absolute Gasteiger partial charge is 0.233 e. The lowest BCUT2D eigenvalue weighted by Crippen LogP contribution is -2.45. The number of anilines is 1. The third-order valence-corrected chi connectivity index (χ3v) is 4.81. The Labute approximate surface area is 124 Å². The molecule has 0 radical (unpaired) electrons. The van der Waals surface area contributed by atoms with E-state index in [1.54, 1.807) is 0 Å². The van der Waals surface area contributed by atoms with Crippen molar-refractivity contribution >= 4 is 17.5 Å². The van der Waals surface area contributed by atoms with Gasteiger partial charge in [0.05, 0.1) is 5.41 Å². The van der Waals surface area contributed by atoms with Gasteiger partial charge in [-0.05, 0) is 43.4 Å². The molecular weight excluding hydrogens is 266 g/mol. The van der Waals surface area contributed by atoms with E-state index < -0.39 is 0 Å². The molecule has 0 bridgehead atoms. The number of nitrogen functional groups attached to an aromatic ring is 1. The third kappa shape index (κ3) is 2.48. The Morgan fingerprint density at radius 1 is 1.10 bits per heavy atom. The molecule has 1 aromatic rings. The molecule has 3 rings (SSSR count). The number of carbonyl (C=O) groups is 2. The van der Waals surface area contributed by atoms with Crippen LogP contribution in [0.15, 0.2) is 24.3 Å². The van der Waals surface area contributed by atoms with Gasteiger partial charge in [-0.2, -0.15) is 0 Å². The van der Waals surface area contributed by atoms with Crippen LogP contribution in [-0.4, -0.2) is 29.8 Å². The quantitative estimate of drug-likeness (QED) is 0.813. The summed E-state index contributed by atoms with van der Waals surface area (Å²) in [6, 6.07) is 7.61. The molecule has 1 saturated heterocycles. The lowest BCUT2D eigenvalue weighted by Gasteiger charge is -2.33. The van der Waals surface area contributed by atoms with E-state index in [1.165, 1.54) is 0 Å². The van der Waals surface area contributed by atoms with E-state index in [9.17, 15) is 9.59 Å². The average molecular weight is 287 g/mol. The van der Waals surface area contributed by atoms with Crippen molar-refractivity contribution in [1.29, 1.82) is 0 Å². The van der Waals surface area contributed by atoms with Gasteiger partial charge in [-0.1, -0.05) is 12.1 Å². The van der Waals surface area contributed by atoms with E-state index in [0.29, 0.717) is 31.6 Å². The van der Waals surface area contributed by atoms with E-state index in [0.717, 1.165) is 18.4 Å². The van der Waals surface area contributed by atoms with Crippen LogP contribution >= 0.6 is 0 Å². The standard InChI is InChI=1S/C16H21N3O2/c17-13-3-1-12(2-4-13)16(7-8-16)15(21)19-9-5-11(6-10-19)14(18)20/h1-4,11H,5-10,17H2,(H2,18,20). The second kappa shape index (κ2) is 5.06. The normalized spacial score (nSPS) is 21.0. The first kappa shape index (κ1) is 13.9. The number of amides is 2. The van der Waals surface area contributed by atoms with Crippen LogP contribution in [0.5, 0.6) is 0 Å². The highest BCUT2D eigenvalue weighted by Crippen LogP contribution is 2.50. The monoisotopic (exact) mass is 287 g/mol. The van der Waals surface area contributed by atoms with Crippen molar-refractivity contribution in [2.24, 2.45) is 11.7 Å². The summed E-state index contributed by atoms with van der Waals surface area (Å²) in [7, 11) is 0. The van der Waals surface area contributed by atoms with E-state index >= 15 is 0 Å². The number of nitrogens with two attached hydrogens (primary N) is 2. The van der Waals surface area contributed by atoms with E-state index in [-0.39, 0.29) is 23.1 Å². The second-order valence-electron chi connectivity index (χ2n) is 6.17. The molecule has 0 aromatic heterocycles. The predicted molar refractivity (Wildman–Crippen MR) is 80.3 cm³/mol. The Bertz CT molecular complexity index is 555. The fourth-order valence-corrected chi connectivity index (χ4v) is 3.22. The molecule has 1 aromatic carbocycles. The van der Waals surface area contributed by atoms with Gasteiger partial charge in [0.25, 0.3) is 0 Å². The van der Waals surface area contributed by atoms with Gasteiger partial charge >= 0.3 is 0 Å². The highest BCUT2D eigenvalue weighted by Gasteiger charge is 2.53. The summed E-state index contributed by atoms with van der Waals surface area (Å²) < 4.78 is 0. The molecule has 5 heteroatoms. The maximum absolute atomic E-state index is 12.8. The summed E-state index contributed by atoms with van der Waals surface area (Å²) in [5.74, 6) is -0.141. The lowest BCUT2D eigenvalue weighted by atomic mass is 9.91. The van der Waals surface area contributed by atoms with Gasteiger partial charge in [0.1, 0.15) is 0 Å². The fourth-order valence-electron chi connectivity index (χ4n) is 3.22. The first-order chi connectivity index (χ1) is 10.0. The van der Waals surface area contributed by atoms with Crippen molar-refractivity contribution in [2.45, 2.75) is 31.1 Å². The minimum atomic E-state index is -0.354. The number of nitrogens with zero attached hydrogens (tertiary/aromatic N) is 1. The minimum absolute atomic E-state index is 0.0827. The zero-order chi connectivity index (χ0) is 15.0. The van der Waals surface area contributed by atoms with E-state index in [4.69, 9.17) is 11.5 Å². The molecule has 5 nitrogen and oxygen atoms in total. The van der Waals surface area contributed by atoms with Crippen molar-refractivity contribution < 1.29 is 9.59 Å². The molecule has 1 aliphatic carbocycles. The van der Waals surface area contributed by atoms with Crippen molar-refractivity contribution in [3.8, 4) is 0 Å². The van der Waals surface area contributed by atoms with Crippen LogP contribution in [-0.2, 0) is 15.0 Å². The molecule has 1 heterocycles. The number of likely N-dealkylation sites (tertiary alicyclic amines) is 1. The summed E-state index contributed by atoms with van der Waals surface area (Å²) in [4.78, 5) is 25.9. The minimum Gasteiger partial charge on any atom is -0.399 e. The fraction of sp³-hybridized carbons (Fsp3) is 0.500. The Morgan fingerprint density at radius 3 is 2.14 bits per heavy atom. The van der Waals surface area contributed by atoms with Gasteiger partial charge in [0, 0.05) is 24.7 Å². The van der Waals surface area contributed by atoms with Gasteiger partial charge in [0.2, 0.25) is 11.8 Å². The molecular formula is C16H21N3O2. The van der Waals surface area contributed by atoms with Crippen LogP contribution in [0.25, 0.3) is 0 Å². The summed E-state index contributed by atoms with van der Waals surface area (Å²) in [6.45, 7) is 1.26. The zero-order valence-electron chi connectivity index (χ0n) is 12.0. The molecule has 0 atom stereocenters. The van der Waals surface area contributed by atoms with Gasteiger partial charge < -0.3 is 16.4 Å². The molecule has 4 N–H and O–H groups in total. The van der Waals surface area contributed by atoms with Crippen LogP contribution < -0.4 is 11.5 Å². The second-order valence-corrected chi connectivity index (χ2v) is 6.17. The van der Waals surface area contributed by atoms with Crippen LogP contribution in [0.4, 0.5) is 5.69 Å². The van der Waals surface area contributed by atoms with Crippen molar-refractivity contribution in [3.05, 3.63) is 29.8 Å². The predicted octanol–water partition coefficient (Wildman–Crippen LogP) is 1.02. The molecule has 0 unspecified atom stereocenters. The molecule has 21 heavy (non-hydrogen) atoms. The number of benzene rings is 1. The number of carbonyl (C=O) groups excluding carboxylic acids is 2. The Hall–Kier alpha value is -2.04. The van der Waals surface area contributed by atoms with Crippen molar-refractivity contribution in [1.82, 2.24) is 4.90 Å². The molecule has 1 saturated carbocycles. The van der Waals surface area contributed by atoms with E-state index in [1.807, 2.05) is 29.2 Å². The average Bonchev–Trinajstić information content (AvgIpc) is 3.29. The van der Waals surface area contributed by atoms with Crippen molar-refractivity contribution in [2.75, 3.05) is 18.8 Å². The number of piperidine rings is 1. The lowest BCUT2D eigenvalue weighted by molar-refractivity contribution is -0.137. The molecule has 112 valence electrons. The largest absolute Gasteiger partial charge is 0.399 e. The first-order valence-electron chi connectivity index (χ1n) is 7.48. The van der Waals surface area contributed by atoms with Crippen LogP contribution in [0, 0.1) is 5.92 Å². The molecule has 0 spiro atoms. The third-order valence-electron chi connectivity index (χ3n) is 4.81. The zero-order valence-corrected chi connectivity index (χ0v) is 12.0. The number of hydrogen-bond donors (Lipinski definition) is 2. The van der Waals surface area contributed by atoms with Crippen LogP contribution in [0.3, 0.4) is 0 Å². The van der Waals surface area contributed by atoms with Gasteiger partial charge in [-0.3, -0.25) is 9.59 Å². The Kier molecular flexibility index (Phi) is 3.35. The first-order valence-corrected chi connectivity index (χ1v) is 7.48. The van der Waals surface area contributed by atoms with Gasteiger partial charge in [0.15, 0.2) is 0 Å². The summed E-state index contributed by atoms with van der Waals surface area (Å²) in [5, 5.41) is 0. The molecule has 2 amide bonds. The number of hydrogen-bond acceptors (Lipinski definition) is 3. The van der Waals surface area contributed by atoms with Crippen LogP contribution in [0.1, 0.15) is 31.2 Å². The maximum atomic E-state index is 12.8. The molecule has 1 aliphatic heterocycles. The van der Waals surface area contributed by atoms with Gasteiger partial charge in [-0.25, -0.2) is 0 Å². The highest BCUT2D eigenvalue weighted by molar-refractivity contribution is 5.91. The highest BCUT2D eigenvalue weighted by atomic mass is 16.2. The number of rotatable bonds is 3. The van der Waals surface area contributed by atoms with Crippen LogP contribution in [0.2, 0.25) is 0 Å². The van der Waals surface area contributed by atoms with Gasteiger partial charge in [-0.15, -0.1) is 0 Å². The summed E-state index contributed by atoms with van der Waals surface area (Å²) in [5.41, 5.74) is 12.5. The Morgan fingerprint density at radius 2 is 1.67 bits per heavy atom. The van der Waals surface area contributed by atoms with Crippen molar-refractivity contribution in [3.63, 3.8) is 0 Å².